The molecule has 0 saturated heterocycles. The van der Waals surface area contributed by atoms with Gasteiger partial charge in [0, 0.05) is 31.6 Å². The van der Waals surface area contributed by atoms with Gasteiger partial charge in [-0.05, 0) is 31.5 Å². The molecular formula is C21H31Cl2N3O. The van der Waals surface area contributed by atoms with Crippen molar-refractivity contribution in [3.8, 4) is 0 Å². The summed E-state index contributed by atoms with van der Waals surface area (Å²) in [5.41, 5.74) is 8.39. The number of carbonyl (C=O) groups excluding carboxylic acids is 1. The summed E-state index contributed by atoms with van der Waals surface area (Å²) in [6.45, 7) is 3.76. The first kappa shape index (κ1) is 25.4. The van der Waals surface area contributed by atoms with Crippen molar-refractivity contribution in [1.82, 2.24) is 10.2 Å². The molecule has 2 rings (SSSR count). The smallest absolute Gasteiger partial charge is 0.221 e. The van der Waals surface area contributed by atoms with E-state index in [0.717, 1.165) is 18.5 Å². The lowest BCUT2D eigenvalue weighted by Crippen LogP contribution is -2.34. The van der Waals surface area contributed by atoms with Crippen LogP contribution >= 0.6 is 24.8 Å². The molecule has 0 spiro atoms. The molecule has 0 saturated carbocycles. The minimum Gasteiger partial charge on any atom is -0.356 e. The van der Waals surface area contributed by atoms with Gasteiger partial charge in [0.25, 0.3) is 0 Å². The van der Waals surface area contributed by atoms with Crippen molar-refractivity contribution in [2.75, 3.05) is 13.6 Å². The number of nitrogens with zero attached hydrogens (tertiary/aromatic N) is 1. The molecule has 3 N–H and O–H groups in total. The average Bonchev–Trinajstić information content (AvgIpc) is 2.63. The van der Waals surface area contributed by atoms with Crippen LogP contribution in [0.4, 0.5) is 0 Å². The van der Waals surface area contributed by atoms with Crippen molar-refractivity contribution in [3.63, 3.8) is 0 Å². The summed E-state index contributed by atoms with van der Waals surface area (Å²) >= 11 is 0. The molecule has 0 heterocycles. The number of nitrogens with two attached hydrogens (primary N) is 1. The maximum Gasteiger partial charge on any atom is 0.221 e. The van der Waals surface area contributed by atoms with Crippen LogP contribution < -0.4 is 11.1 Å². The Morgan fingerprint density at radius 1 is 1.04 bits per heavy atom. The van der Waals surface area contributed by atoms with E-state index in [4.69, 9.17) is 5.73 Å². The Morgan fingerprint density at radius 2 is 1.59 bits per heavy atom. The Kier molecular flexibility index (Phi) is 12.8. The molecule has 0 aliphatic rings. The summed E-state index contributed by atoms with van der Waals surface area (Å²) in [5.74, 6) is 0.00858. The molecule has 0 aromatic heterocycles. The lowest BCUT2D eigenvalue weighted by Gasteiger charge is -2.25. The Balaban J connectivity index is 0.00000338. The number of hydrogen-bond acceptors (Lipinski definition) is 3. The predicted molar refractivity (Wildman–Crippen MR) is 117 cm³/mol. The summed E-state index contributed by atoms with van der Waals surface area (Å²) in [4.78, 5) is 14.4. The first-order valence-electron chi connectivity index (χ1n) is 8.87. The quantitative estimate of drug-likeness (QED) is 0.656. The average molecular weight is 412 g/mol. The molecule has 27 heavy (non-hydrogen) atoms. The van der Waals surface area contributed by atoms with E-state index in [9.17, 15) is 4.79 Å². The van der Waals surface area contributed by atoms with Gasteiger partial charge in [0.2, 0.25) is 5.91 Å². The monoisotopic (exact) mass is 411 g/mol. The third kappa shape index (κ3) is 9.25. The summed E-state index contributed by atoms with van der Waals surface area (Å²) in [6.07, 6.45) is 1.23. The van der Waals surface area contributed by atoms with Gasteiger partial charge in [-0.3, -0.25) is 9.69 Å². The first-order valence-corrected chi connectivity index (χ1v) is 8.87. The fourth-order valence-corrected chi connectivity index (χ4v) is 2.76. The highest BCUT2D eigenvalue weighted by atomic mass is 35.5. The highest BCUT2D eigenvalue weighted by molar-refractivity contribution is 5.85. The minimum absolute atomic E-state index is 0. The van der Waals surface area contributed by atoms with Crippen LogP contribution in [0.2, 0.25) is 0 Å². The van der Waals surface area contributed by atoms with Gasteiger partial charge in [-0.2, -0.15) is 0 Å². The second-order valence-corrected chi connectivity index (χ2v) is 6.61. The van der Waals surface area contributed by atoms with E-state index in [1.807, 2.05) is 36.4 Å². The van der Waals surface area contributed by atoms with Gasteiger partial charge in [0.05, 0.1) is 0 Å². The van der Waals surface area contributed by atoms with E-state index in [1.165, 1.54) is 5.56 Å². The molecule has 2 aromatic rings. The molecule has 6 heteroatoms. The fraction of sp³-hybridized carbons (Fsp3) is 0.381. The zero-order valence-corrected chi connectivity index (χ0v) is 17.6. The number of rotatable bonds is 9. The Bertz CT molecular complexity index is 640. The molecule has 0 fully saturated rings. The van der Waals surface area contributed by atoms with Crippen molar-refractivity contribution < 1.29 is 4.79 Å². The number of halogens is 2. The molecule has 0 radical (unpaired) electrons. The number of nitrogens with one attached hydrogen (secondary N) is 1. The number of amides is 1. The van der Waals surface area contributed by atoms with E-state index >= 15 is 0 Å². The van der Waals surface area contributed by atoms with E-state index in [2.05, 4.69) is 48.5 Å². The molecule has 0 aliphatic heterocycles. The summed E-state index contributed by atoms with van der Waals surface area (Å²) in [5, 5.41) is 2.99. The maximum absolute atomic E-state index is 12.1. The van der Waals surface area contributed by atoms with E-state index in [-0.39, 0.29) is 36.8 Å². The Labute approximate surface area is 175 Å². The topological polar surface area (TPSA) is 58.4 Å². The van der Waals surface area contributed by atoms with Gasteiger partial charge in [0.15, 0.2) is 0 Å². The molecule has 2 unspecified atom stereocenters. The van der Waals surface area contributed by atoms with Gasteiger partial charge in [-0.1, -0.05) is 60.7 Å². The number of carbonyl (C=O) groups is 1. The van der Waals surface area contributed by atoms with Gasteiger partial charge in [-0.15, -0.1) is 24.8 Å². The summed E-state index contributed by atoms with van der Waals surface area (Å²) < 4.78 is 0. The molecule has 2 aromatic carbocycles. The van der Waals surface area contributed by atoms with Crippen molar-refractivity contribution in [1.29, 1.82) is 0 Å². The van der Waals surface area contributed by atoms with Crippen molar-refractivity contribution in [2.45, 2.75) is 38.4 Å². The maximum atomic E-state index is 12.1. The van der Waals surface area contributed by atoms with Crippen LogP contribution in [0.1, 0.15) is 36.9 Å². The van der Waals surface area contributed by atoms with Gasteiger partial charge >= 0.3 is 0 Å². The largest absolute Gasteiger partial charge is 0.356 e. The van der Waals surface area contributed by atoms with Gasteiger partial charge < -0.3 is 11.1 Å². The molecule has 0 bridgehead atoms. The molecule has 150 valence electrons. The minimum atomic E-state index is -0.251. The Hall–Kier alpha value is -1.59. The zero-order valence-electron chi connectivity index (χ0n) is 16.0. The standard InChI is InChI=1S/C21H29N3O.2ClH/c1-17(24(2)16-18-9-5-3-6-10-18)13-14-23-21(25)15-20(22)19-11-7-4-8-12-19;;/h3-12,17,20H,13-16,22H2,1-2H3,(H,23,25);2*1H. The Morgan fingerprint density at radius 3 is 2.19 bits per heavy atom. The molecule has 4 nitrogen and oxygen atoms in total. The molecule has 1 amide bonds. The van der Waals surface area contributed by atoms with Crippen LogP contribution in [-0.4, -0.2) is 30.4 Å². The van der Waals surface area contributed by atoms with E-state index in [0.29, 0.717) is 19.0 Å². The summed E-state index contributed by atoms with van der Waals surface area (Å²) in [7, 11) is 2.12. The predicted octanol–water partition coefficient (Wildman–Crippen LogP) is 3.95. The fourth-order valence-electron chi connectivity index (χ4n) is 2.76. The van der Waals surface area contributed by atoms with Crippen LogP contribution in [0.5, 0.6) is 0 Å². The van der Waals surface area contributed by atoms with Gasteiger partial charge in [-0.25, -0.2) is 0 Å². The molecule has 2 atom stereocenters. The van der Waals surface area contributed by atoms with Crippen LogP contribution in [0, 0.1) is 0 Å². The lowest BCUT2D eigenvalue weighted by atomic mass is 10.0. The highest BCUT2D eigenvalue weighted by Crippen LogP contribution is 2.13. The van der Waals surface area contributed by atoms with Crippen LogP contribution in [0.3, 0.4) is 0 Å². The van der Waals surface area contributed by atoms with E-state index < -0.39 is 0 Å². The van der Waals surface area contributed by atoms with Crippen LogP contribution in [-0.2, 0) is 11.3 Å². The van der Waals surface area contributed by atoms with Gasteiger partial charge in [0.1, 0.15) is 0 Å². The molecular weight excluding hydrogens is 381 g/mol. The van der Waals surface area contributed by atoms with Crippen LogP contribution in [0.25, 0.3) is 0 Å². The highest BCUT2D eigenvalue weighted by Gasteiger charge is 2.13. The number of benzene rings is 2. The SMILES string of the molecule is CC(CCNC(=O)CC(N)c1ccccc1)N(C)Cc1ccccc1.Cl.Cl. The zero-order chi connectivity index (χ0) is 18.1. The van der Waals surface area contributed by atoms with Crippen molar-refractivity contribution in [3.05, 3.63) is 71.8 Å². The van der Waals surface area contributed by atoms with Crippen LogP contribution in [0.15, 0.2) is 60.7 Å². The van der Waals surface area contributed by atoms with E-state index in [1.54, 1.807) is 0 Å². The lowest BCUT2D eigenvalue weighted by molar-refractivity contribution is -0.121. The second kappa shape index (κ2) is 13.6. The third-order valence-electron chi connectivity index (χ3n) is 4.54. The third-order valence-corrected chi connectivity index (χ3v) is 4.54. The normalized spacial score (nSPS) is 12.4. The van der Waals surface area contributed by atoms with Crippen molar-refractivity contribution in [2.24, 2.45) is 5.73 Å². The number of hydrogen-bond donors (Lipinski definition) is 2. The second-order valence-electron chi connectivity index (χ2n) is 6.61. The first-order chi connectivity index (χ1) is 12.1. The summed E-state index contributed by atoms with van der Waals surface area (Å²) in [6, 6.07) is 20.3. The molecule has 0 aliphatic carbocycles. The van der Waals surface area contributed by atoms with Crippen molar-refractivity contribution >= 4 is 30.7 Å².